The van der Waals surface area contributed by atoms with Crippen LogP contribution in [0.5, 0.6) is 5.75 Å². The van der Waals surface area contributed by atoms with E-state index in [0.717, 1.165) is 18.8 Å². The van der Waals surface area contributed by atoms with Gasteiger partial charge in [-0.2, -0.15) is 5.10 Å². The number of para-hydroxylation sites is 1. The van der Waals surface area contributed by atoms with Gasteiger partial charge in [-0.15, -0.1) is 0 Å². The Balaban J connectivity index is 1.64. The average Bonchev–Trinajstić information content (AvgIpc) is 2.96. The average molecular weight is 417 g/mol. The van der Waals surface area contributed by atoms with E-state index in [9.17, 15) is 0 Å². The summed E-state index contributed by atoms with van der Waals surface area (Å²) in [6.45, 7) is 3.90. The maximum Gasteiger partial charge on any atom is 0.198 e. The normalized spacial score (nSPS) is 11.2. The van der Waals surface area contributed by atoms with Gasteiger partial charge in [-0.05, 0) is 48.9 Å². The summed E-state index contributed by atoms with van der Waals surface area (Å²) in [7, 11) is 3.96. The van der Waals surface area contributed by atoms with Crippen LogP contribution >= 0.6 is 23.8 Å². The molecule has 0 saturated carbocycles. The van der Waals surface area contributed by atoms with Crippen molar-refractivity contribution in [3.8, 4) is 5.75 Å². The third-order valence-corrected chi connectivity index (χ3v) is 5.38. The Bertz CT molecular complexity index is 981. The fourth-order valence-electron chi connectivity index (χ4n) is 2.93. The van der Waals surface area contributed by atoms with E-state index in [-0.39, 0.29) is 0 Å². The molecule has 1 aromatic heterocycles. The van der Waals surface area contributed by atoms with Crippen molar-refractivity contribution in [3.63, 3.8) is 0 Å². The number of benzene rings is 2. The Morgan fingerprint density at radius 2 is 1.79 bits per heavy atom. The molecule has 148 valence electrons. The third kappa shape index (κ3) is 5.01. The first-order chi connectivity index (χ1) is 13.5. The molecule has 0 aliphatic rings. The summed E-state index contributed by atoms with van der Waals surface area (Å²) in [5.41, 5.74) is 2.62. The Morgan fingerprint density at radius 3 is 2.46 bits per heavy atom. The number of ether oxygens (including phenoxy) is 1. The molecular weight excluding hydrogens is 392 g/mol. The highest BCUT2D eigenvalue weighted by atomic mass is 35.5. The molecule has 0 N–H and O–H groups in total. The third-order valence-electron chi connectivity index (χ3n) is 4.58. The number of halogens is 1. The van der Waals surface area contributed by atoms with Crippen LogP contribution in [0.2, 0.25) is 5.02 Å². The van der Waals surface area contributed by atoms with Crippen molar-refractivity contribution in [2.24, 2.45) is 7.05 Å². The second-order valence-electron chi connectivity index (χ2n) is 6.80. The van der Waals surface area contributed by atoms with Gasteiger partial charge in [0.25, 0.3) is 0 Å². The van der Waals surface area contributed by atoms with Gasteiger partial charge in [0.2, 0.25) is 0 Å². The molecule has 3 rings (SSSR count). The molecule has 3 aromatic rings. The summed E-state index contributed by atoms with van der Waals surface area (Å²) in [5.74, 6) is 1.39. The van der Waals surface area contributed by atoms with E-state index in [2.05, 4.69) is 48.2 Å². The number of hydrogen-bond acceptors (Lipinski definition) is 4. The van der Waals surface area contributed by atoms with Crippen molar-refractivity contribution in [1.82, 2.24) is 19.2 Å². The predicted octanol–water partition coefficient (Wildman–Crippen LogP) is 4.84. The largest absolute Gasteiger partial charge is 0.484 e. The minimum atomic E-state index is 0.305. The topological polar surface area (TPSA) is 35.2 Å². The first-order valence-electron chi connectivity index (χ1n) is 9.24. The van der Waals surface area contributed by atoms with Crippen LogP contribution in [-0.2, 0) is 33.3 Å². The van der Waals surface area contributed by atoms with Crippen molar-refractivity contribution in [1.29, 1.82) is 0 Å². The molecule has 1 heterocycles. The number of nitrogens with zero attached hydrogens (tertiary/aromatic N) is 4. The second kappa shape index (κ2) is 9.37. The highest BCUT2D eigenvalue weighted by Gasteiger charge is 2.11. The zero-order valence-corrected chi connectivity index (χ0v) is 18.0. The zero-order valence-electron chi connectivity index (χ0n) is 16.4. The van der Waals surface area contributed by atoms with Crippen LogP contribution in [0.25, 0.3) is 0 Å². The summed E-state index contributed by atoms with van der Waals surface area (Å²) < 4.78 is 10.2. The molecule has 0 radical (unpaired) electrons. The molecule has 7 heteroatoms. The molecular formula is C21H25ClN4OS. The Kier molecular flexibility index (Phi) is 6.88. The molecule has 28 heavy (non-hydrogen) atoms. The van der Waals surface area contributed by atoms with E-state index in [1.807, 2.05) is 34.5 Å². The lowest BCUT2D eigenvalue weighted by molar-refractivity contribution is 0.241. The van der Waals surface area contributed by atoms with Crippen LogP contribution in [0.4, 0.5) is 0 Å². The minimum Gasteiger partial charge on any atom is -0.484 e. The van der Waals surface area contributed by atoms with Crippen molar-refractivity contribution in [2.45, 2.75) is 33.2 Å². The van der Waals surface area contributed by atoms with E-state index >= 15 is 0 Å². The van der Waals surface area contributed by atoms with Crippen LogP contribution in [0, 0.1) is 4.77 Å². The quantitative estimate of drug-likeness (QED) is 0.492. The molecule has 0 atom stereocenters. The summed E-state index contributed by atoms with van der Waals surface area (Å²) in [6.07, 6.45) is 1.05. The standard InChI is InChI=1S/C21H25ClN4OS/c1-4-16-9-11-17(12-10-16)13-24(2)15-26-21(28)25(3)20(23-26)14-27-19-8-6-5-7-18(19)22/h5-12H,4,13-15H2,1-3H3. The molecule has 0 bridgehead atoms. The summed E-state index contributed by atoms with van der Waals surface area (Å²) in [5, 5.41) is 5.21. The van der Waals surface area contributed by atoms with Crippen molar-refractivity contribution in [2.75, 3.05) is 7.05 Å². The molecule has 0 unspecified atom stereocenters. The van der Waals surface area contributed by atoms with E-state index in [4.69, 9.17) is 28.6 Å². The predicted molar refractivity (Wildman–Crippen MR) is 115 cm³/mol. The van der Waals surface area contributed by atoms with Crippen molar-refractivity contribution < 1.29 is 4.74 Å². The maximum absolute atomic E-state index is 6.15. The van der Waals surface area contributed by atoms with E-state index in [1.54, 1.807) is 6.07 Å². The van der Waals surface area contributed by atoms with Gasteiger partial charge in [0, 0.05) is 13.6 Å². The lowest BCUT2D eigenvalue weighted by Gasteiger charge is -2.16. The number of rotatable bonds is 8. The highest BCUT2D eigenvalue weighted by Crippen LogP contribution is 2.23. The SMILES string of the molecule is CCc1ccc(CN(C)Cn2nc(COc3ccccc3Cl)n(C)c2=S)cc1. The second-order valence-corrected chi connectivity index (χ2v) is 7.57. The van der Waals surface area contributed by atoms with Gasteiger partial charge < -0.3 is 9.30 Å². The van der Waals surface area contributed by atoms with Crippen LogP contribution in [0.1, 0.15) is 23.9 Å². The first-order valence-corrected chi connectivity index (χ1v) is 10.0. The van der Waals surface area contributed by atoms with Gasteiger partial charge in [-0.1, -0.05) is 54.9 Å². The van der Waals surface area contributed by atoms with Crippen LogP contribution in [-0.4, -0.2) is 26.3 Å². The van der Waals surface area contributed by atoms with Gasteiger partial charge in [0.1, 0.15) is 12.4 Å². The van der Waals surface area contributed by atoms with E-state index < -0.39 is 0 Å². The Labute approximate surface area is 176 Å². The monoisotopic (exact) mass is 416 g/mol. The Hall–Kier alpha value is -2.15. The van der Waals surface area contributed by atoms with Crippen LogP contribution < -0.4 is 4.74 Å². The lowest BCUT2D eigenvalue weighted by Crippen LogP contribution is -2.22. The molecule has 0 saturated heterocycles. The maximum atomic E-state index is 6.15. The van der Waals surface area contributed by atoms with Gasteiger partial charge in [-0.3, -0.25) is 4.90 Å². The fraction of sp³-hybridized carbons (Fsp3) is 0.333. The van der Waals surface area contributed by atoms with Crippen LogP contribution in [0.3, 0.4) is 0 Å². The molecule has 0 amide bonds. The molecule has 0 spiro atoms. The molecule has 0 aliphatic carbocycles. The lowest BCUT2D eigenvalue weighted by atomic mass is 10.1. The van der Waals surface area contributed by atoms with Gasteiger partial charge in [0.15, 0.2) is 10.6 Å². The number of hydrogen-bond donors (Lipinski definition) is 0. The highest BCUT2D eigenvalue weighted by molar-refractivity contribution is 7.71. The van der Waals surface area contributed by atoms with Gasteiger partial charge in [-0.25, -0.2) is 4.68 Å². The van der Waals surface area contributed by atoms with E-state index in [0.29, 0.717) is 28.8 Å². The Morgan fingerprint density at radius 1 is 1.11 bits per heavy atom. The number of aromatic nitrogens is 3. The summed E-state index contributed by atoms with van der Waals surface area (Å²) >= 11 is 11.7. The smallest absolute Gasteiger partial charge is 0.198 e. The molecule has 5 nitrogen and oxygen atoms in total. The van der Waals surface area contributed by atoms with Crippen molar-refractivity contribution >= 4 is 23.8 Å². The van der Waals surface area contributed by atoms with Crippen molar-refractivity contribution in [3.05, 3.63) is 75.3 Å². The molecule has 0 aliphatic heterocycles. The fourth-order valence-corrected chi connectivity index (χ4v) is 3.32. The molecule has 0 fully saturated rings. The van der Waals surface area contributed by atoms with E-state index in [1.165, 1.54) is 11.1 Å². The minimum absolute atomic E-state index is 0.305. The summed E-state index contributed by atoms with van der Waals surface area (Å²) in [6, 6.07) is 16.1. The van der Waals surface area contributed by atoms with Gasteiger partial charge >= 0.3 is 0 Å². The number of aryl methyl sites for hydroxylation is 1. The van der Waals surface area contributed by atoms with Gasteiger partial charge in [0.05, 0.1) is 11.7 Å². The first kappa shape index (κ1) is 20.6. The summed E-state index contributed by atoms with van der Waals surface area (Å²) in [4.78, 5) is 2.18. The van der Waals surface area contributed by atoms with Crippen LogP contribution in [0.15, 0.2) is 48.5 Å². The molecule has 2 aromatic carbocycles. The zero-order chi connectivity index (χ0) is 20.1.